The van der Waals surface area contributed by atoms with E-state index in [1.807, 2.05) is 36.4 Å². The lowest BCUT2D eigenvalue weighted by Gasteiger charge is -2.23. The van der Waals surface area contributed by atoms with Gasteiger partial charge in [0.2, 0.25) is 5.36 Å². The number of benzene rings is 3. The van der Waals surface area contributed by atoms with Crippen molar-refractivity contribution in [2.45, 2.75) is 232 Å². The summed E-state index contributed by atoms with van der Waals surface area (Å²) in [5, 5.41) is 4.62. The predicted molar refractivity (Wildman–Crippen MR) is 348 cm³/mol. The molecule has 1 aliphatic carbocycles. The Hall–Kier alpha value is -4.83. The Morgan fingerprint density at radius 2 is 1.16 bits per heavy atom. The molecular weight excluding hydrogens is 1110 g/mol. The first-order chi connectivity index (χ1) is 41.2. The van der Waals surface area contributed by atoms with Gasteiger partial charge in [-0.05, 0) is 122 Å². The molecule has 0 bridgehead atoms. The number of carbonyl (C=O) groups is 2. The molecule has 4 rings (SSSR count). The second-order valence-corrected chi connectivity index (χ2v) is 25.2. The van der Waals surface area contributed by atoms with Gasteiger partial charge in [-0.1, -0.05) is 147 Å². The smallest absolute Gasteiger partial charge is 0.462 e. The van der Waals surface area contributed by atoms with Crippen molar-refractivity contribution in [3.63, 3.8) is 0 Å². The number of phosphoric ester groups is 1. The van der Waals surface area contributed by atoms with E-state index in [2.05, 4.69) is 80.6 Å². The molecule has 15 nitrogen and oxygen atoms in total. The lowest BCUT2D eigenvalue weighted by Crippen LogP contribution is -2.29. The molecule has 1 unspecified atom stereocenters. The summed E-state index contributed by atoms with van der Waals surface area (Å²) < 4.78 is 81.1. The molecule has 3 N–H and O–H groups in total. The van der Waals surface area contributed by atoms with Crippen LogP contribution in [0.25, 0.3) is 33.4 Å². The Kier molecular flexibility index (Phi) is 36.0. The SMILES string of the molecule is CCCCCCCC/C=C\CCCCCCCC(=O)OC[C@H](COP(=O)(O)OCCNc1ccc(-c2c3ccc(=[N+](CC)CC)cc-3oc3cc(N(CC)CC)ccc23)c(S(=O)(=O)O)c1)OC(=O)CCCCCCC/C=C\CCCCCCCC. The van der Waals surface area contributed by atoms with E-state index in [4.69, 9.17) is 22.9 Å². The number of esters is 2. The summed E-state index contributed by atoms with van der Waals surface area (Å²) in [7, 11) is -9.57. The maximum Gasteiger partial charge on any atom is 0.472 e. The van der Waals surface area contributed by atoms with Gasteiger partial charge >= 0.3 is 19.8 Å². The summed E-state index contributed by atoms with van der Waals surface area (Å²) in [6, 6.07) is 16.2. The van der Waals surface area contributed by atoms with Crippen molar-refractivity contribution < 1.29 is 55.0 Å². The first-order valence-corrected chi connectivity index (χ1v) is 35.6. The van der Waals surface area contributed by atoms with Gasteiger partial charge in [0.1, 0.15) is 35.9 Å². The van der Waals surface area contributed by atoms with Gasteiger partial charge in [0.15, 0.2) is 6.10 Å². The third-order valence-corrected chi connectivity index (χ3v) is 17.5. The van der Waals surface area contributed by atoms with Crippen molar-refractivity contribution in [2.24, 2.45) is 0 Å². The minimum Gasteiger partial charge on any atom is -0.462 e. The fourth-order valence-electron chi connectivity index (χ4n) is 10.7. The number of anilines is 2. The van der Waals surface area contributed by atoms with E-state index in [1.54, 1.807) is 12.1 Å². The quantitative estimate of drug-likeness (QED) is 0.00719. The number of nitrogens with zero attached hydrogens (tertiary/aromatic N) is 2. The zero-order valence-corrected chi connectivity index (χ0v) is 54.5. The molecule has 2 aromatic rings. The average molecular weight is 1220 g/mol. The molecule has 0 saturated heterocycles. The van der Waals surface area contributed by atoms with Crippen molar-refractivity contribution in [2.75, 3.05) is 62.8 Å². The van der Waals surface area contributed by atoms with Gasteiger partial charge in [0.05, 0.1) is 19.3 Å². The summed E-state index contributed by atoms with van der Waals surface area (Å²) in [5.74, 6) is -0.432. The highest BCUT2D eigenvalue weighted by Crippen LogP contribution is 2.45. The molecule has 17 heteroatoms. The van der Waals surface area contributed by atoms with Gasteiger partial charge in [-0.3, -0.25) is 23.2 Å². The van der Waals surface area contributed by atoms with Crippen LogP contribution in [0.1, 0.15) is 221 Å². The lowest BCUT2D eigenvalue weighted by atomic mass is 9.93. The third-order valence-electron chi connectivity index (χ3n) is 15.6. The summed E-state index contributed by atoms with van der Waals surface area (Å²) >= 11 is 0. The van der Waals surface area contributed by atoms with Crippen LogP contribution < -0.4 is 20.1 Å². The second-order valence-electron chi connectivity index (χ2n) is 22.4. The molecule has 85 heavy (non-hydrogen) atoms. The molecule has 0 spiro atoms. The van der Waals surface area contributed by atoms with Gasteiger partial charge in [-0.15, -0.1) is 0 Å². The van der Waals surface area contributed by atoms with E-state index in [-0.39, 0.29) is 48.7 Å². The van der Waals surface area contributed by atoms with Crippen molar-refractivity contribution >= 4 is 52.2 Å². The zero-order chi connectivity index (χ0) is 61.6. The minimum atomic E-state index is -4.82. The largest absolute Gasteiger partial charge is 0.472 e. The topological polar surface area (TPSA) is 194 Å². The number of carbonyl (C=O) groups excluding carboxylic acids is 2. The van der Waals surface area contributed by atoms with E-state index in [9.17, 15) is 32.0 Å². The maximum absolute atomic E-state index is 13.3. The Labute approximate surface area is 511 Å². The fourth-order valence-corrected chi connectivity index (χ4v) is 12.1. The number of nitrogens with one attached hydrogen (secondary N) is 1. The number of hydrogen-bond donors (Lipinski definition) is 3. The number of phosphoric acid groups is 1. The van der Waals surface area contributed by atoms with Crippen LogP contribution in [0.2, 0.25) is 0 Å². The highest BCUT2D eigenvalue weighted by Gasteiger charge is 2.28. The number of allylic oxidation sites excluding steroid dienone is 4. The van der Waals surface area contributed by atoms with Crippen LogP contribution in [-0.2, 0) is 42.8 Å². The van der Waals surface area contributed by atoms with Crippen LogP contribution in [0.4, 0.5) is 11.4 Å². The molecule has 1 aliphatic heterocycles. The zero-order valence-electron chi connectivity index (χ0n) is 52.8. The maximum atomic E-state index is 13.3. The monoisotopic (exact) mass is 1220 g/mol. The number of hydrogen-bond acceptors (Lipinski definition) is 12. The normalized spacial score (nSPS) is 13.0. The predicted octanol–water partition coefficient (Wildman–Crippen LogP) is 17.2. The highest BCUT2D eigenvalue weighted by atomic mass is 32.2. The Balaban J connectivity index is 1.34. The number of ether oxygens (including phenoxy) is 2. The summed E-state index contributed by atoms with van der Waals surface area (Å²) in [5.41, 5.74) is 3.25. The minimum absolute atomic E-state index is 0.0706. The first kappa shape index (κ1) is 72.6. The Bertz CT molecular complexity index is 2800. The lowest BCUT2D eigenvalue weighted by molar-refractivity contribution is -0.161. The van der Waals surface area contributed by atoms with Crippen molar-refractivity contribution in [1.29, 1.82) is 0 Å². The first-order valence-electron chi connectivity index (χ1n) is 32.6. The summed E-state index contributed by atoms with van der Waals surface area (Å²) in [6.07, 6.45) is 37.8. The molecule has 0 radical (unpaired) electrons. The van der Waals surface area contributed by atoms with Crippen molar-refractivity contribution in [3.8, 4) is 22.5 Å². The van der Waals surface area contributed by atoms with E-state index >= 15 is 0 Å². The van der Waals surface area contributed by atoms with Crippen LogP contribution in [-0.4, -0.2) is 88.5 Å². The van der Waals surface area contributed by atoms with Crippen LogP contribution in [0, 0.1) is 0 Å². The summed E-state index contributed by atoms with van der Waals surface area (Å²) in [6.45, 7) is 14.5. The number of unbranched alkanes of at least 4 members (excludes halogenated alkanes) is 22. The third kappa shape index (κ3) is 28.3. The van der Waals surface area contributed by atoms with Gasteiger partial charge in [-0.25, -0.2) is 9.14 Å². The van der Waals surface area contributed by atoms with Crippen LogP contribution in [0.3, 0.4) is 0 Å². The molecule has 2 atom stereocenters. The molecule has 476 valence electrons. The van der Waals surface area contributed by atoms with Gasteiger partial charge in [-0.2, -0.15) is 8.42 Å². The molecule has 2 aliphatic rings. The van der Waals surface area contributed by atoms with E-state index in [0.29, 0.717) is 40.7 Å². The molecule has 0 amide bonds. The van der Waals surface area contributed by atoms with Crippen molar-refractivity contribution in [3.05, 3.63) is 84.3 Å². The number of fused-ring (bicyclic) bond motifs is 2. The van der Waals surface area contributed by atoms with Crippen LogP contribution >= 0.6 is 7.82 Å². The molecule has 0 aromatic heterocycles. The van der Waals surface area contributed by atoms with E-state index in [1.165, 1.54) is 83.1 Å². The van der Waals surface area contributed by atoms with Gasteiger partial charge < -0.3 is 29.0 Å². The van der Waals surface area contributed by atoms with Crippen LogP contribution in [0.5, 0.6) is 0 Å². The van der Waals surface area contributed by atoms with Crippen LogP contribution in [0.15, 0.2) is 88.2 Å². The van der Waals surface area contributed by atoms with Gasteiger partial charge in [0.25, 0.3) is 10.1 Å². The molecule has 0 saturated carbocycles. The average Bonchev–Trinajstić information content (AvgIpc) is 3.50. The molecular formula is C68H107N3O12PS+. The Morgan fingerprint density at radius 1 is 0.635 bits per heavy atom. The fraction of sp³-hybridized carbons (Fsp3) is 0.632. The van der Waals surface area contributed by atoms with Crippen molar-refractivity contribution in [1.82, 2.24) is 4.58 Å². The molecule has 0 fully saturated rings. The Morgan fingerprint density at radius 3 is 1.71 bits per heavy atom. The number of rotatable bonds is 48. The van der Waals surface area contributed by atoms with E-state index in [0.717, 1.165) is 114 Å². The second kappa shape index (κ2) is 42.1. The van der Waals surface area contributed by atoms with Gasteiger partial charge in [0, 0.05) is 78.1 Å². The molecule has 2 aromatic carbocycles. The molecule has 1 heterocycles. The highest BCUT2D eigenvalue weighted by molar-refractivity contribution is 7.86. The van der Waals surface area contributed by atoms with E-state index < -0.39 is 42.6 Å². The summed E-state index contributed by atoms with van der Waals surface area (Å²) in [4.78, 5) is 38.5. The standard InChI is InChI=1S/C68H106N3O12PS/c1-7-13-15-17-19-21-23-25-27-29-31-33-35-37-39-41-66(72)79-54-59(82-67(73)42-40-38-36-34-32-30-28-26-24-22-20-18-16-14-8-2)55-81-84(74,75)80-50-49-69-56-43-46-62(65(51-56)85(76,77)78)68-60-47-44-57(70(9-3)10-4)52-63(60)83-64-53-58(45-48-61(64)68)71(11-5)12-6/h25-28,43-48,51-53,59H,7-24,29-42,49-50,54-55H2,1-6H3,(H2,74,75,76,77,78)/p+1/b27-25-,28-26-/t59-/m1/s1.